The Morgan fingerprint density at radius 2 is 1.89 bits per heavy atom. The van der Waals surface area contributed by atoms with Gasteiger partial charge in [-0.2, -0.15) is 8.42 Å². The van der Waals surface area contributed by atoms with Crippen LogP contribution < -0.4 is 0 Å². The molecule has 0 radical (unpaired) electrons. The van der Waals surface area contributed by atoms with E-state index in [4.69, 9.17) is 4.18 Å². The van der Waals surface area contributed by atoms with Gasteiger partial charge in [0.25, 0.3) is 16.0 Å². The summed E-state index contributed by atoms with van der Waals surface area (Å²) >= 11 is 0. The van der Waals surface area contributed by atoms with Crippen molar-refractivity contribution in [1.82, 2.24) is 14.5 Å². The maximum Gasteiger partial charge on any atom is 0.264 e. The van der Waals surface area contributed by atoms with E-state index in [1.54, 1.807) is 23.4 Å². The van der Waals surface area contributed by atoms with E-state index in [0.717, 1.165) is 23.0 Å². The van der Waals surface area contributed by atoms with Gasteiger partial charge >= 0.3 is 0 Å². The van der Waals surface area contributed by atoms with E-state index in [2.05, 4.69) is 4.98 Å². The van der Waals surface area contributed by atoms with Crippen molar-refractivity contribution in [1.29, 1.82) is 0 Å². The van der Waals surface area contributed by atoms with Gasteiger partial charge in [-0.25, -0.2) is 4.98 Å². The molecule has 27 heavy (non-hydrogen) atoms. The molecule has 1 saturated heterocycles. The van der Waals surface area contributed by atoms with Gasteiger partial charge in [0.15, 0.2) is 0 Å². The van der Waals surface area contributed by atoms with Crippen LogP contribution in [0.5, 0.6) is 0 Å². The van der Waals surface area contributed by atoms with E-state index < -0.39 is 16.2 Å². The van der Waals surface area contributed by atoms with Gasteiger partial charge in [-0.15, -0.1) is 0 Å². The van der Waals surface area contributed by atoms with Crippen molar-refractivity contribution in [2.24, 2.45) is 0 Å². The van der Waals surface area contributed by atoms with Crippen LogP contribution in [0.3, 0.4) is 0 Å². The fourth-order valence-corrected chi connectivity index (χ4v) is 4.00. The second kappa shape index (κ2) is 6.79. The Morgan fingerprint density at radius 1 is 1.15 bits per heavy atom. The molecule has 140 valence electrons. The predicted molar refractivity (Wildman–Crippen MR) is 101 cm³/mol. The number of carbonyl (C=O) groups excluding carboxylic acids is 1. The summed E-state index contributed by atoms with van der Waals surface area (Å²) in [7, 11) is -3.52. The maximum atomic E-state index is 12.7. The smallest absolute Gasteiger partial charge is 0.264 e. The molecule has 0 spiro atoms. The van der Waals surface area contributed by atoms with Crippen LogP contribution in [-0.2, 0) is 14.3 Å². The van der Waals surface area contributed by atoms with Crippen LogP contribution in [0, 0.1) is 0 Å². The minimum atomic E-state index is -3.52. The summed E-state index contributed by atoms with van der Waals surface area (Å²) in [6, 6.07) is 15.1. The first-order valence-corrected chi connectivity index (χ1v) is 10.4. The third kappa shape index (κ3) is 3.72. The molecule has 8 heteroatoms. The Kier molecular flexibility index (Phi) is 4.45. The van der Waals surface area contributed by atoms with Crippen molar-refractivity contribution < 1.29 is 17.4 Å². The normalized spacial score (nSPS) is 17.5. The molecule has 0 saturated carbocycles. The zero-order valence-electron chi connectivity index (χ0n) is 14.8. The fourth-order valence-electron chi connectivity index (χ4n) is 3.35. The number of nitrogens with zero attached hydrogens (tertiary/aromatic N) is 3. The number of hydrogen-bond acceptors (Lipinski definition) is 5. The predicted octanol–water partition coefficient (Wildman–Crippen LogP) is 2.22. The van der Waals surface area contributed by atoms with Crippen LogP contribution in [0.25, 0.3) is 16.7 Å². The lowest BCUT2D eigenvalue weighted by Gasteiger charge is -2.16. The first-order valence-electron chi connectivity index (χ1n) is 8.61. The molecule has 2 heterocycles. The van der Waals surface area contributed by atoms with Crippen molar-refractivity contribution in [2.45, 2.75) is 12.5 Å². The Balaban J connectivity index is 1.50. The van der Waals surface area contributed by atoms with Crippen molar-refractivity contribution >= 4 is 27.1 Å². The summed E-state index contributed by atoms with van der Waals surface area (Å²) in [5.74, 6) is -0.128. The molecule has 0 aliphatic carbocycles. The number of aromatic nitrogens is 2. The Morgan fingerprint density at radius 3 is 2.63 bits per heavy atom. The van der Waals surface area contributed by atoms with Crippen molar-refractivity contribution in [3.8, 4) is 5.69 Å². The minimum absolute atomic E-state index is 0.128. The standard InChI is InChI=1S/C19H19N3O4S/c1-27(24,25)26-16-10-11-21(12-16)19(23)14-6-8-15(9-7-14)22-13-20-17-4-2-3-5-18(17)22/h2-9,13,16H,10-12H2,1H3. The maximum absolute atomic E-state index is 12.7. The Labute approximate surface area is 157 Å². The van der Waals surface area contributed by atoms with E-state index in [1.165, 1.54) is 0 Å². The number of para-hydroxylation sites is 2. The first kappa shape index (κ1) is 17.7. The monoisotopic (exact) mass is 385 g/mol. The second-order valence-electron chi connectivity index (χ2n) is 6.61. The highest BCUT2D eigenvalue weighted by atomic mass is 32.2. The highest BCUT2D eigenvalue weighted by Gasteiger charge is 2.29. The van der Waals surface area contributed by atoms with Gasteiger partial charge < -0.3 is 4.90 Å². The lowest BCUT2D eigenvalue weighted by atomic mass is 10.2. The van der Waals surface area contributed by atoms with Gasteiger partial charge in [0.05, 0.1) is 23.4 Å². The van der Waals surface area contributed by atoms with Crippen LogP contribution in [0.15, 0.2) is 54.9 Å². The van der Waals surface area contributed by atoms with E-state index in [0.29, 0.717) is 18.5 Å². The van der Waals surface area contributed by atoms with Gasteiger partial charge in [0.1, 0.15) is 6.33 Å². The van der Waals surface area contributed by atoms with E-state index >= 15 is 0 Å². The summed E-state index contributed by atoms with van der Waals surface area (Å²) < 4.78 is 29.4. The van der Waals surface area contributed by atoms with Gasteiger partial charge in [-0.3, -0.25) is 13.5 Å². The molecule has 2 aromatic carbocycles. The average molecular weight is 385 g/mol. The number of carbonyl (C=O) groups is 1. The second-order valence-corrected chi connectivity index (χ2v) is 8.21. The molecule has 1 aliphatic heterocycles. The van der Waals surface area contributed by atoms with Crippen LogP contribution in [0.2, 0.25) is 0 Å². The van der Waals surface area contributed by atoms with Crippen LogP contribution >= 0.6 is 0 Å². The van der Waals surface area contributed by atoms with Gasteiger partial charge in [-0.1, -0.05) is 12.1 Å². The van der Waals surface area contributed by atoms with E-state index in [1.807, 2.05) is 41.0 Å². The molecule has 0 N–H and O–H groups in total. The highest BCUT2D eigenvalue weighted by molar-refractivity contribution is 7.86. The molecule has 1 aromatic heterocycles. The topological polar surface area (TPSA) is 81.5 Å². The number of likely N-dealkylation sites (tertiary alicyclic amines) is 1. The molecule has 3 aromatic rings. The molecule has 1 amide bonds. The molecular formula is C19H19N3O4S. The molecule has 1 fully saturated rings. The van der Waals surface area contributed by atoms with Crippen molar-refractivity contribution in [3.05, 3.63) is 60.4 Å². The molecule has 1 unspecified atom stereocenters. The van der Waals surface area contributed by atoms with Gasteiger partial charge in [0, 0.05) is 24.3 Å². The number of hydrogen-bond donors (Lipinski definition) is 0. The van der Waals surface area contributed by atoms with Crippen LogP contribution in [0.1, 0.15) is 16.8 Å². The summed E-state index contributed by atoms with van der Waals surface area (Å²) in [5, 5.41) is 0. The molecule has 7 nitrogen and oxygen atoms in total. The molecule has 1 aliphatic rings. The SMILES string of the molecule is CS(=O)(=O)OC1CCN(C(=O)c2ccc(-n3cnc4ccccc43)cc2)C1. The minimum Gasteiger partial charge on any atom is -0.336 e. The number of rotatable bonds is 4. The zero-order chi connectivity index (χ0) is 19.0. The molecule has 0 bridgehead atoms. The van der Waals surface area contributed by atoms with Crippen LogP contribution in [-0.4, -0.2) is 54.2 Å². The third-order valence-corrected chi connectivity index (χ3v) is 5.21. The quantitative estimate of drug-likeness (QED) is 0.643. The molecule has 4 rings (SSSR count). The molecule has 1 atom stereocenters. The van der Waals surface area contributed by atoms with Crippen molar-refractivity contribution in [3.63, 3.8) is 0 Å². The lowest BCUT2D eigenvalue weighted by Crippen LogP contribution is -2.30. The molecular weight excluding hydrogens is 366 g/mol. The van der Waals surface area contributed by atoms with E-state index in [9.17, 15) is 13.2 Å². The zero-order valence-corrected chi connectivity index (χ0v) is 15.6. The van der Waals surface area contributed by atoms with Gasteiger partial charge in [-0.05, 0) is 42.8 Å². The third-order valence-electron chi connectivity index (χ3n) is 4.59. The summed E-state index contributed by atoms with van der Waals surface area (Å²) in [4.78, 5) is 18.7. The lowest BCUT2D eigenvalue weighted by molar-refractivity contribution is 0.0773. The summed E-state index contributed by atoms with van der Waals surface area (Å²) in [6.07, 6.45) is 2.82. The van der Waals surface area contributed by atoms with Crippen molar-refractivity contribution in [2.75, 3.05) is 19.3 Å². The van der Waals surface area contributed by atoms with Crippen LogP contribution in [0.4, 0.5) is 0 Å². The number of imidazole rings is 1. The number of amides is 1. The fraction of sp³-hybridized carbons (Fsp3) is 0.263. The summed E-state index contributed by atoms with van der Waals surface area (Å²) in [5.41, 5.74) is 3.38. The number of benzene rings is 2. The number of fused-ring (bicyclic) bond motifs is 1. The largest absolute Gasteiger partial charge is 0.336 e. The Bertz CT molecular complexity index is 1090. The van der Waals surface area contributed by atoms with E-state index in [-0.39, 0.29) is 12.5 Å². The summed E-state index contributed by atoms with van der Waals surface area (Å²) in [6.45, 7) is 0.757. The average Bonchev–Trinajstić information content (AvgIpc) is 3.27. The highest BCUT2D eigenvalue weighted by Crippen LogP contribution is 2.21. The first-order chi connectivity index (χ1) is 12.9. The van der Waals surface area contributed by atoms with Gasteiger partial charge in [0.2, 0.25) is 0 Å². The Hall–Kier alpha value is -2.71.